The number of amides is 1. The van der Waals surface area contributed by atoms with Gasteiger partial charge in [0.15, 0.2) is 11.4 Å². The maximum absolute atomic E-state index is 13.6. The third kappa shape index (κ3) is 3.05. The Kier molecular flexibility index (Phi) is 4.72. The minimum atomic E-state index is -1.92. The molecule has 1 aromatic heterocycles. The van der Waals surface area contributed by atoms with E-state index in [0.717, 1.165) is 16.3 Å². The van der Waals surface area contributed by atoms with E-state index in [2.05, 4.69) is 0 Å². The van der Waals surface area contributed by atoms with E-state index in [0.29, 0.717) is 34.7 Å². The second-order valence-corrected chi connectivity index (χ2v) is 8.36. The first-order valence-corrected chi connectivity index (χ1v) is 10.6. The molecule has 0 fully saturated rings. The first kappa shape index (κ1) is 20.2. The second-order valence-electron chi connectivity index (χ2n) is 8.36. The number of hydrogen-bond acceptors (Lipinski definition) is 4. The highest BCUT2D eigenvalue weighted by atomic mass is 16.3. The number of anilines is 1. The van der Waals surface area contributed by atoms with Gasteiger partial charge in [-0.2, -0.15) is 0 Å². The van der Waals surface area contributed by atoms with Crippen LogP contribution in [0, 0.1) is 13.8 Å². The van der Waals surface area contributed by atoms with Crippen LogP contribution in [0.15, 0.2) is 77.4 Å². The molecular formula is C27H23NO4. The molecule has 1 aliphatic rings. The van der Waals surface area contributed by atoms with E-state index in [1.807, 2.05) is 54.6 Å². The lowest BCUT2D eigenvalue weighted by Crippen LogP contribution is -2.41. The predicted molar refractivity (Wildman–Crippen MR) is 123 cm³/mol. The number of fused-ring (bicyclic) bond motifs is 2. The van der Waals surface area contributed by atoms with Crippen molar-refractivity contribution in [2.75, 3.05) is 4.90 Å². The molecule has 5 nitrogen and oxygen atoms in total. The van der Waals surface area contributed by atoms with Gasteiger partial charge in [-0.3, -0.25) is 9.59 Å². The fourth-order valence-corrected chi connectivity index (χ4v) is 4.74. The van der Waals surface area contributed by atoms with Crippen molar-refractivity contribution in [2.24, 2.45) is 0 Å². The highest BCUT2D eigenvalue weighted by Gasteiger charge is 2.51. The van der Waals surface area contributed by atoms with Crippen molar-refractivity contribution < 1.29 is 19.1 Å². The molecule has 1 aliphatic heterocycles. The zero-order valence-electron chi connectivity index (χ0n) is 18.0. The molecule has 0 spiro atoms. The van der Waals surface area contributed by atoms with Crippen LogP contribution in [0.5, 0.6) is 0 Å². The van der Waals surface area contributed by atoms with E-state index in [1.165, 1.54) is 6.26 Å². The molecule has 1 atom stereocenters. The van der Waals surface area contributed by atoms with Crippen LogP contribution in [0.1, 0.15) is 39.2 Å². The summed E-state index contributed by atoms with van der Waals surface area (Å²) in [6.45, 7) is 3.80. The lowest BCUT2D eigenvalue weighted by molar-refractivity contribution is -0.136. The molecule has 0 bridgehead atoms. The Labute approximate surface area is 185 Å². The van der Waals surface area contributed by atoms with Gasteiger partial charge in [0.1, 0.15) is 5.76 Å². The number of furan rings is 1. The largest absolute Gasteiger partial charge is 0.469 e. The summed E-state index contributed by atoms with van der Waals surface area (Å²) in [5.74, 6) is -0.312. The number of hydrogen-bond donors (Lipinski definition) is 1. The molecule has 160 valence electrons. The Balaban J connectivity index is 1.54. The second kappa shape index (κ2) is 7.46. The summed E-state index contributed by atoms with van der Waals surface area (Å²) in [7, 11) is 0. The van der Waals surface area contributed by atoms with Crippen LogP contribution in [0.25, 0.3) is 10.8 Å². The molecule has 4 aromatic rings. The number of ketones is 1. The van der Waals surface area contributed by atoms with Gasteiger partial charge in [0.2, 0.25) is 0 Å². The quantitative estimate of drug-likeness (QED) is 0.454. The van der Waals surface area contributed by atoms with E-state index in [1.54, 1.807) is 30.9 Å². The van der Waals surface area contributed by atoms with Crippen LogP contribution < -0.4 is 4.90 Å². The number of rotatable bonds is 5. The molecule has 3 aromatic carbocycles. The molecule has 0 saturated heterocycles. The SMILES string of the molecule is Cc1coc(C)c1C(=O)C[C@@]1(O)C(=O)N(Cc2cccc3ccccc23)c2ccccc21. The Morgan fingerprint density at radius 2 is 1.72 bits per heavy atom. The van der Waals surface area contributed by atoms with Crippen molar-refractivity contribution in [3.8, 4) is 0 Å². The summed E-state index contributed by atoms with van der Waals surface area (Å²) in [5, 5.41) is 13.7. The Morgan fingerprint density at radius 1 is 1.00 bits per heavy atom. The van der Waals surface area contributed by atoms with Gasteiger partial charge in [0.25, 0.3) is 5.91 Å². The summed E-state index contributed by atoms with van der Waals surface area (Å²) >= 11 is 0. The maximum Gasteiger partial charge on any atom is 0.264 e. The molecule has 0 radical (unpaired) electrons. The van der Waals surface area contributed by atoms with Gasteiger partial charge in [0, 0.05) is 5.56 Å². The third-order valence-corrected chi connectivity index (χ3v) is 6.30. The van der Waals surface area contributed by atoms with Crippen LogP contribution in [-0.2, 0) is 16.9 Å². The third-order valence-electron chi connectivity index (χ3n) is 6.30. The predicted octanol–water partition coefficient (Wildman–Crippen LogP) is 5.06. The van der Waals surface area contributed by atoms with Crippen LogP contribution in [0.3, 0.4) is 0 Å². The van der Waals surface area contributed by atoms with E-state index in [-0.39, 0.29) is 12.2 Å². The lowest BCUT2D eigenvalue weighted by Gasteiger charge is -2.23. The molecule has 32 heavy (non-hydrogen) atoms. The minimum absolute atomic E-state index is 0.303. The van der Waals surface area contributed by atoms with Crippen LogP contribution >= 0.6 is 0 Å². The molecule has 0 saturated carbocycles. The van der Waals surface area contributed by atoms with E-state index in [9.17, 15) is 14.7 Å². The summed E-state index contributed by atoms with van der Waals surface area (Å²) < 4.78 is 5.35. The van der Waals surface area contributed by atoms with Crippen molar-refractivity contribution in [2.45, 2.75) is 32.4 Å². The Hall–Kier alpha value is -3.70. The van der Waals surface area contributed by atoms with E-state index in [4.69, 9.17) is 4.42 Å². The zero-order chi connectivity index (χ0) is 22.5. The normalized spacial score (nSPS) is 17.7. The average Bonchev–Trinajstić information content (AvgIpc) is 3.23. The number of aliphatic hydroxyl groups is 1. The van der Waals surface area contributed by atoms with Gasteiger partial charge in [-0.15, -0.1) is 0 Å². The average molecular weight is 425 g/mol. The molecule has 5 rings (SSSR count). The Morgan fingerprint density at radius 3 is 2.50 bits per heavy atom. The number of para-hydroxylation sites is 1. The molecule has 0 aliphatic carbocycles. The van der Waals surface area contributed by atoms with Crippen molar-refractivity contribution >= 4 is 28.2 Å². The monoisotopic (exact) mass is 425 g/mol. The van der Waals surface area contributed by atoms with Gasteiger partial charge in [-0.1, -0.05) is 60.7 Å². The topological polar surface area (TPSA) is 70.7 Å². The summed E-state index contributed by atoms with van der Waals surface area (Å²) in [6, 6.07) is 21.1. The van der Waals surface area contributed by atoms with E-state index < -0.39 is 11.5 Å². The van der Waals surface area contributed by atoms with Gasteiger partial charge in [-0.05, 0) is 41.8 Å². The number of Topliss-reactive ketones (excluding diaryl/α,β-unsaturated/α-hetero) is 1. The number of nitrogens with zero attached hydrogens (tertiary/aromatic N) is 1. The van der Waals surface area contributed by atoms with Crippen molar-refractivity contribution in [1.82, 2.24) is 0 Å². The van der Waals surface area contributed by atoms with Crippen LogP contribution in [-0.4, -0.2) is 16.8 Å². The number of benzene rings is 3. The molecule has 0 unspecified atom stereocenters. The van der Waals surface area contributed by atoms with Gasteiger partial charge >= 0.3 is 0 Å². The number of carbonyl (C=O) groups is 2. The first-order chi connectivity index (χ1) is 15.4. The number of carbonyl (C=O) groups excluding carboxylic acids is 2. The number of aryl methyl sites for hydroxylation is 2. The lowest BCUT2D eigenvalue weighted by atomic mass is 9.87. The smallest absolute Gasteiger partial charge is 0.264 e. The first-order valence-electron chi connectivity index (χ1n) is 10.6. The summed E-state index contributed by atoms with van der Waals surface area (Å²) in [6.07, 6.45) is 1.18. The summed E-state index contributed by atoms with van der Waals surface area (Å²) in [4.78, 5) is 28.3. The molecule has 5 heteroatoms. The van der Waals surface area contributed by atoms with Gasteiger partial charge in [-0.25, -0.2) is 0 Å². The summed E-state index contributed by atoms with van der Waals surface area (Å²) in [5.41, 5.74) is 1.26. The minimum Gasteiger partial charge on any atom is -0.469 e. The van der Waals surface area contributed by atoms with Crippen molar-refractivity contribution in [3.63, 3.8) is 0 Å². The molecular weight excluding hydrogens is 402 g/mol. The molecule has 1 N–H and O–H groups in total. The highest BCUT2D eigenvalue weighted by Crippen LogP contribution is 2.44. The standard InChI is InChI=1S/C27H23NO4/c1-17-16-32-18(2)25(17)24(29)14-27(31)22-12-5-6-13-23(22)28(26(27)30)15-20-10-7-9-19-8-3-4-11-21(19)20/h3-13,16,31H,14-15H2,1-2H3/t27-/m0/s1. The van der Waals surface area contributed by atoms with Crippen LogP contribution in [0.4, 0.5) is 5.69 Å². The highest BCUT2D eigenvalue weighted by molar-refractivity contribution is 6.11. The van der Waals surface area contributed by atoms with Gasteiger partial charge < -0.3 is 14.4 Å². The fourth-order valence-electron chi connectivity index (χ4n) is 4.74. The van der Waals surface area contributed by atoms with Crippen molar-refractivity contribution in [3.05, 3.63) is 101 Å². The van der Waals surface area contributed by atoms with Crippen LogP contribution in [0.2, 0.25) is 0 Å². The fraction of sp³-hybridized carbons (Fsp3) is 0.185. The zero-order valence-corrected chi connectivity index (χ0v) is 18.0. The van der Waals surface area contributed by atoms with Gasteiger partial charge in [0.05, 0.1) is 30.5 Å². The molecule has 1 amide bonds. The molecule has 2 heterocycles. The van der Waals surface area contributed by atoms with Crippen molar-refractivity contribution in [1.29, 1.82) is 0 Å². The van der Waals surface area contributed by atoms with E-state index >= 15 is 0 Å². The Bertz CT molecular complexity index is 1340. The maximum atomic E-state index is 13.6.